The van der Waals surface area contributed by atoms with E-state index in [0.717, 1.165) is 0 Å². The molecule has 0 aliphatic heterocycles. The van der Waals surface area contributed by atoms with Crippen LogP contribution >= 0.6 is 0 Å². The average molecular weight is 242 g/mol. The van der Waals surface area contributed by atoms with Crippen molar-refractivity contribution in [3.8, 4) is 0 Å². The molecule has 0 unspecified atom stereocenters. The first-order valence-corrected chi connectivity index (χ1v) is 5.51. The number of anilines is 2. The van der Waals surface area contributed by atoms with Crippen LogP contribution in [0.1, 0.15) is 16.1 Å². The molecular formula is C13H14N4O. The number of carbonyl (C=O) groups is 1. The molecule has 0 spiro atoms. The molecule has 92 valence electrons. The van der Waals surface area contributed by atoms with Gasteiger partial charge in [0.05, 0.1) is 0 Å². The van der Waals surface area contributed by atoms with Crippen molar-refractivity contribution in [1.82, 2.24) is 9.97 Å². The van der Waals surface area contributed by atoms with Crippen molar-refractivity contribution in [2.24, 2.45) is 0 Å². The monoisotopic (exact) mass is 242 g/mol. The third-order valence-electron chi connectivity index (χ3n) is 2.52. The van der Waals surface area contributed by atoms with Gasteiger partial charge in [0.2, 0.25) is 0 Å². The van der Waals surface area contributed by atoms with Crippen LogP contribution < -0.4 is 10.6 Å². The predicted octanol–water partition coefficient (Wildman–Crippen LogP) is 1.64. The standard InChI is InChI=1S/C13H14N4O/c1-9-7-10(8-11(14)16-9)13(18)17(2)12-5-3-4-6-15-12/h3-8H,1-2H3,(H2,14,16). The van der Waals surface area contributed by atoms with Crippen LogP contribution in [0, 0.1) is 6.92 Å². The number of hydrogen-bond donors (Lipinski definition) is 1. The lowest BCUT2D eigenvalue weighted by Crippen LogP contribution is -2.27. The summed E-state index contributed by atoms with van der Waals surface area (Å²) in [6.07, 6.45) is 1.64. The first-order chi connectivity index (χ1) is 8.58. The van der Waals surface area contributed by atoms with E-state index in [-0.39, 0.29) is 5.91 Å². The molecule has 5 nitrogen and oxygen atoms in total. The number of hydrogen-bond acceptors (Lipinski definition) is 4. The molecule has 0 fully saturated rings. The second kappa shape index (κ2) is 4.83. The fourth-order valence-electron chi connectivity index (χ4n) is 1.67. The van der Waals surface area contributed by atoms with E-state index < -0.39 is 0 Å². The minimum atomic E-state index is -0.161. The van der Waals surface area contributed by atoms with Crippen LogP contribution in [-0.2, 0) is 0 Å². The molecular weight excluding hydrogens is 228 g/mol. The van der Waals surface area contributed by atoms with Gasteiger partial charge in [-0.3, -0.25) is 9.69 Å². The van der Waals surface area contributed by atoms with Crippen LogP contribution in [0.5, 0.6) is 0 Å². The fourth-order valence-corrected chi connectivity index (χ4v) is 1.67. The van der Waals surface area contributed by atoms with Crippen LogP contribution in [0.15, 0.2) is 36.5 Å². The van der Waals surface area contributed by atoms with Crippen molar-refractivity contribution in [2.75, 3.05) is 17.7 Å². The van der Waals surface area contributed by atoms with Gasteiger partial charge in [0, 0.05) is 24.5 Å². The summed E-state index contributed by atoms with van der Waals surface area (Å²) >= 11 is 0. The number of rotatable bonds is 2. The summed E-state index contributed by atoms with van der Waals surface area (Å²) in [5.41, 5.74) is 6.86. The molecule has 18 heavy (non-hydrogen) atoms. The number of nitrogens with two attached hydrogens (primary N) is 1. The van der Waals surface area contributed by atoms with E-state index in [9.17, 15) is 4.79 Å². The van der Waals surface area contributed by atoms with Crippen molar-refractivity contribution in [1.29, 1.82) is 0 Å². The van der Waals surface area contributed by atoms with Gasteiger partial charge in [-0.05, 0) is 31.2 Å². The number of aryl methyl sites for hydroxylation is 1. The van der Waals surface area contributed by atoms with Crippen molar-refractivity contribution >= 4 is 17.5 Å². The number of aromatic nitrogens is 2. The maximum Gasteiger partial charge on any atom is 0.259 e. The van der Waals surface area contributed by atoms with Crippen LogP contribution in [0.3, 0.4) is 0 Å². The number of nitrogens with zero attached hydrogens (tertiary/aromatic N) is 3. The second-order valence-electron chi connectivity index (χ2n) is 3.97. The molecule has 0 aliphatic carbocycles. The zero-order valence-corrected chi connectivity index (χ0v) is 10.3. The van der Waals surface area contributed by atoms with Gasteiger partial charge < -0.3 is 5.73 Å². The highest BCUT2D eigenvalue weighted by Gasteiger charge is 2.15. The summed E-state index contributed by atoms with van der Waals surface area (Å²) in [6.45, 7) is 1.80. The van der Waals surface area contributed by atoms with Crippen LogP contribution in [-0.4, -0.2) is 22.9 Å². The highest BCUT2D eigenvalue weighted by Crippen LogP contribution is 2.14. The lowest BCUT2D eigenvalue weighted by Gasteiger charge is -2.16. The van der Waals surface area contributed by atoms with Gasteiger partial charge in [-0.2, -0.15) is 0 Å². The third kappa shape index (κ3) is 2.45. The Balaban J connectivity index is 2.31. The Morgan fingerprint density at radius 2 is 2.11 bits per heavy atom. The maximum atomic E-state index is 12.3. The molecule has 0 saturated carbocycles. The van der Waals surface area contributed by atoms with E-state index in [2.05, 4.69) is 9.97 Å². The molecule has 0 radical (unpaired) electrons. The number of carbonyl (C=O) groups excluding carboxylic acids is 1. The summed E-state index contributed by atoms with van der Waals surface area (Å²) < 4.78 is 0. The molecule has 2 aromatic rings. The molecule has 2 heterocycles. The number of pyridine rings is 2. The minimum Gasteiger partial charge on any atom is -0.384 e. The lowest BCUT2D eigenvalue weighted by molar-refractivity contribution is 0.0992. The van der Waals surface area contributed by atoms with E-state index in [4.69, 9.17) is 5.73 Å². The Hall–Kier alpha value is -2.43. The molecule has 5 heteroatoms. The summed E-state index contributed by atoms with van der Waals surface area (Å²) in [7, 11) is 1.68. The van der Waals surface area contributed by atoms with Crippen molar-refractivity contribution < 1.29 is 4.79 Å². The summed E-state index contributed by atoms with van der Waals surface area (Å²) in [5.74, 6) is 0.772. The predicted molar refractivity (Wildman–Crippen MR) is 70.4 cm³/mol. The molecule has 2 rings (SSSR count). The Bertz CT molecular complexity index is 548. The Labute approximate surface area is 105 Å². The van der Waals surface area contributed by atoms with Gasteiger partial charge in [-0.25, -0.2) is 9.97 Å². The smallest absolute Gasteiger partial charge is 0.259 e. The summed E-state index contributed by atoms with van der Waals surface area (Å²) in [5, 5.41) is 0. The van der Waals surface area contributed by atoms with E-state index in [1.807, 2.05) is 6.07 Å². The van der Waals surface area contributed by atoms with Crippen LogP contribution in [0.25, 0.3) is 0 Å². The zero-order valence-electron chi connectivity index (χ0n) is 10.3. The number of amides is 1. The number of nitrogen functional groups attached to an aromatic ring is 1. The van der Waals surface area contributed by atoms with Crippen LogP contribution in [0.2, 0.25) is 0 Å². The molecule has 0 atom stereocenters. The molecule has 2 N–H and O–H groups in total. The maximum absolute atomic E-state index is 12.3. The SMILES string of the molecule is Cc1cc(C(=O)N(C)c2ccccn2)cc(N)n1. The minimum absolute atomic E-state index is 0.161. The Kier molecular flexibility index (Phi) is 3.23. The topological polar surface area (TPSA) is 72.1 Å². The largest absolute Gasteiger partial charge is 0.384 e. The van der Waals surface area contributed by atoms with Gasteiger partial charge in [0.1, 0.15) is 11.6 Å². The highest BCUT2D eigenvalue weighted by molar-refractivity contribution is 6.05. The van der Waals surface area contributed by atoms with Crippen molar-refractivity contribution in [2.45, 2.75) is 6.92 Å². The van der Waals surface area contributed by atoms with Gasteiger partial charge in [0.15, 0.2) is 0 Å². The van der Waals surface area contributed by atoms with Gasteiger partial charge in [-0.15, -0.1) is 0 Å². The normalized spacial score (nSPS) is 10.1. The Morgan fingerprint density at radius 3 is 2.72 bits per heavy atom. The molecule has 1 amide bonds. The highest BCUT2D eigenvalue weighted by atomic mass is 16.2. The molecule has 2 aromatic heterocycles. The molecule has 0 aliphatic rings. The zero-order chi connectivity index (χ0) is 13.1. The van der Waals surface area contributed by atoms with E-state index in [1.54, 1.807) is 44.4 Å². The van der Waals surface area contributed by atoms with E-state index in [1.165, 1.54) is 4.90 Å². The van der Waals surface area contributed by atoms with Gasteiger partial charge >= 0.3 is 0 Å². The van der Waals surface area contributed by atoms with Crippen LogP contribution in [0.4, 0.5) is 11.6 Å². The summed E-state index contributed by atoms with van der Waals surface area (Å²) in [4.78, 5) is 21.9. The summed E-state index contributed by atoms with van der Waals surface area (Å²) in [6, 6.07) is 8.68. The Morgan fingerprint density at radius 1 is 1.33 bits per heavy atom. The molecule has 0 saturated heterocycles. The second-order valence-corrected chi connectivity index (χ2v) is 3.97. The quantitative estimate of drug-likeness (QED) is 0.869. The van der Waals surface area contributed by atoms with Crippen molar-refractivity contribution in [3.05, 3.63) is 47.8 Å². The van der Waals surface area contributed by atoms with E-state index in [0.29, 0.717) is 22.9 Å². The fraction of sp³-hybridized carbons (Fsp3) is 0.154. The molecule has 0 aromatic carbocycles. The van der Waals surface area contributed by atoms with Gasteiger partial charge in [0.25, 0.3) is 5.91 Å². The first kappa shape index (κ1) is 12.0. The van der Waals surface area contributed by atoms with E-state index >= 15 is 0 Å². The van der Waals surface area contributed by atoms with Gasteiger partial charge in [-0.1, -0.05) is 6.07 Å². The average Bonchev–Trinajstić information content (AvgIpc) is 2.37. The lowest BCUT2D eigenvalue weighted by atomic mass is 10.2. The first-order valence-electron chi connectivity index (χ1n) is 5.51. The van der Waals surface area contributed by atoms with Crippen molar-refractivity contribution in [3.63, 3.8) is 0 Å². The molecule has 0 bridgehead atoms. The third-order valence-corrected chi connectivity index (χ3v) is 2.52.